The van der Waals surface area contributed by atoms with Crippen molar-refractivity contribution in [2.24, 2.45) is 0 Å². The van der Waals surface area contributed by atoms with Gasteiger partial charge in [-0.1, -0.05) is 13.2 Å². The number of amides is 2. The third-order valence-corrected chi connectivity index (χ3v) is 2.09. The van der Waals surface area contributed by atoms with Gasteiger partial charge in [0.15, 0.2) is 0 Å². The zero-order valence-corrected chi connectivity index (χ0v) is 10.4. The topological polar surface area (TPSA) is 37.4 Å². The summed E-state index contributed by atoms with van der Waals surface area (Å²) in [5.41, 5.74) is 0. The summed E-state index contributed by atoms with van der Waals surface area (Å²) in [6.45, 7) is 8.05. The molecule has 90 valence electrons. The van der Waals surface area contributed by atoms with E-state index >= 15 is 0 Å². The molecule has 16 heavy (non-hydrogen) atoms. The Hall–Kier alpha value is -1.42. The minimum absolute atomic E-state index is 0.369. The van der Waals surface area contributed by atoms with Gasteiger partial charge < -0.3 is 4.48 Å². The highest BCUT2D eigenvalue weighted by molar-refractivity contribution is 6.04. The van der Waals surface area contributed by atoms with Crippen LogP contribution in [0.1, 0.15) is 6.42 Å². The molecule has 0 fully saturated rings. The van der Waals surface area contributed by atoms with E-state index in [1.165, 1.54) is 0 Å². The van der Waals surface area contributed by atoms with Crippen LogP contribution in [0.3, 0.4) is 0 Å². The zero-order valence-electron chi connectivity index (χ0n) is 10.4. The maximum atomic E-state index is 11.4. The Labute approximate surface area is 97.4 Å². The number of quaternary nitrogens is 1. The summed E-state index contributed by atoms with van der Waals surface area (Å²) in [7, 11) is 6.19. The Morgan fingerprint density at radius 1 is 1.12 bits per heavy atom. The summed E-state index contributed by atoms with van der Waals surface area (Å²) in [4.78, 5) is 24.0. The number of nitrogens with zero attached hydrogens (tertiary/aromatic N) is 2. The lowest BCUT2D eigenvalue weighted by Gasteiger charge is -2.25. The van der Waals surface area contributed by atoms with E-state index < -0.39 is 0 Å². The lowest BCUT2D eigenvalue weighted by atomic mass is 10.3. The van der Waals surface area contributed by atoms with Crippen LogP contribution < -0.4 is 0 Å². The van der Waals surface area contributed by atoms with Crippen molar-refractivity contribution in [1.29, 1.82) is 0 Å². The van der Waals surface area contributed by atoms with Crippen LogP contribution in [0.15, 0.2) is 25.3 Å². The molecule has 0 radical (unpaired) electrons. The minimum atomic E-state index is -0.369. The van der Waals surface area contributed by atoms with E-state index in [0.717, 1.165) is 34.5 Å². The minimum Gasteiger partial charge on any atom is -0.331 e. The molecule has 0 unspecified atom stereocenters. The Bertz CT molecular complexity index is 270. The van der Waals surface area contributed by atoms with Crippen LogP contribution in [0, 0.1) is 0 Å². The van der Waals surface area contributed by atoms with E-state index in [-0.39, 0.29) is 11.8 Å². The molecule has 0 aromatic heterocycles. The third-order valence-electron chi connectivity index (χ3n) is 2.09. The van der Waals surface area contributed by atoms with Gasteiger partial charge in [0, 0.05) is 13.0 Å². The van der Waals surface area contributed by atoms with Gasteiger partial charge in [-0.05, 0) is 12.2 Å². The first-order chi connectivity index (χ1) is 7.31. The lowest BCUT2D eigenvalue weighted by Crippen LogP contribution is -2.40. The second kappa shape index (κ2) is 6.23. The molecule has 0 aromatic rings. The molecule has 0 aliphatic carbocycles. The van der Waals surface area contributed by atoms with Crippen molar-refractivity contribution in [2.45, 2.75) is 6.42 Å². The molecule has 0 bridgehead atoms. The normalized spacial score (nSPS) is 10.7. The van der Waals surface area contributed by atoms with Crippen LogP contribution in [-0.2, 0) is 9.59 Å². The largest absolute Gasteiger partial charge is 0.331 e. The third kappa shape index (κ3) is 5.46. The van der Waals surface area contributed by atoms with Gasteiger partial charge in [0.1, 0.15) is 0 Å². The van der Waals surface area contributed by atoms with E-state index in [4.69, 9.17) is 0 Å². The molecule has 0 saturated carbocycles. The second-order valence-electron chi connectivity index (χ2n) is 4.60. The summed E-state index contributed by atoms with van der Waals surface area (Å²) in [6.07, 6.45) is 3.06. The molecule has 0 saturated heterocycles. The fourth-order valence-electron chi connectivity index (χ4n) is 1.25. The number of carbonyl (C=O) groups is 2. The monoisotopic (exact) mass is 225 g/mol. The average Bonchev–Trinajstić information content (AvgIpc) is 2.21. The highest BCUT2D eigenvalue weighted by Crippen LogP contribution is 2.00. The Balaban J connectivity index is 4.34. The molecule has 0 aliphatic rings. The summed E-state index contributed by atoms with van der Waals surface area (Å²) in [6, 6.07) is 0. The standard InChI is InChI=1S/C12H21N2O2/c1-6-11(15)13(12(16)7-2)9-8-10-14(3,4)5/h6-7H,1-2,8-10H2,3-5H3/q+1. The van der Waals surface area contributed by atoms with E-state index in [2.05, 4.69) is 34.3 Å². The van der Waals surface area contributed by atoms with Crippen molar-refractivity contribution in [1.82, 2.24) is 4.90 Å². The second-order valence-corrected chi connectivity index (χ2v) is 4.60. The Kier molecular flexibility index (Phi) is 5.67. The van der Waals surface area contributed by atoms with Crippen LogP contribution in [-0.4, -0.2) is 55.4 Å². The van der Waals surface area contributed by atoms with E-state index in [0.29, 0.717) is 6.54 Å². The number of imide groups is 1. The maximum absolute atomic E-state index is 11.4. The highest BCUT2D eigenvalue weighted by atomic mass is 16.2. The first kappa shape index (κ1) is 14.6. The number of carbonyl (C=O) groups excluding carboxylic acids is 2. The van der Waals surface area contributed by atoms with Crippen molar-refractivity contribution in [2.75, 3.05) is 34.2 Å². The van der Waals surface area contributed by atoms with Crippen LogP contribution in [0.5, 0.6) is 0 Å². The number of hydrogen-bond acceptors (Lipinski definition) is 2. The van der Waals surface area contributed by atoms with Gasteiger partial charge >= 0.3 is 0 Å². The van der Waals surface area contributed by atoms with Crippen LogP contribution in [0.25, 0.3) is 0 Å². The van der Waals surface area contributed by atoms with Gasteiger partial charge in [-0.3, -0.25) is 14.5 Å². The van der Waals surface area contributed by atoms with E-state index in [9.17, 15) is 9.59 Å². The Morgan fingerprint density at radius 3 is 1.88 bits per heavy atom. The molecule has 0 spiro atoms. The fourth-order valence-corrected chi connectivity index (χ4v) is 1.25. The molecule has 0 rings (SSSR count). The number of rotatable bonds is 6. The maximum Gasteiger partial charge on any atom is 0.252 e. The van der Waals surface area contributed by atoms with Gasteiger partial charge in [-0.15, -0.1) is 0 Å². The van der Waals surface area contributed by atoms with Crippen molar-refractivity contribution in [3.63, 3.8) is 0 Å². The van der Waals surface area contributed by atoms with Crippen LogP contribution in [0.4, 0.5) is 0 Å². The molecule has 0 N–H and O–H groups in total. The summed E-state index contributed by atoms with van der Waals surface area (Å²) < 4.78 is 0.804. The lowest BCUT2D eigenvalue weighted by molar-refractivity contribution is -0.870. The molecule has 4 nitrogen and oxygen atoms in total. The zero-order chi connectivity index (χ0) is 12.8. The van der Waals surface area contributed by atoms with Gasteiger partial charge in [-0.2, -0.15) is 0 Å². The van der Waals surface area contributed by atoms with Crippen LogP contribution >= 0.6 is 0 Å². The van der Waals surface area contributed by atoms with Crippen molar-refractivity contribution < 1.29 is 14.1 Å². The van der Waals surface area contributed by atoms with Crippen molar-refractivity contribution in [3.8, 4) is 0 Å². The van der Waals surface area contributed by atoms with Gasteiger partial charge in [0.05, 0.1) is 27.7 Å². The molecule has 0 atom stereocenters. The van der Waals surface area contributed by atoms with E-state index in [1.54, 1.807) is 0 Å². The molecule has 2 amide bonds. The first-order valence-electron chi connectivity index (χ1n) is 5.22. The molecule has 4 heteroatoms. The highest BCUT2D eigenvalue weighted by Gasteiger charge is 2.17. The van der Waals surface area contributed by atoms with Crippen LogP contribution in [0.2, 0.25) is 0 Å². The predicted molar refractivity (Wildman–Crippen MR) is 64.6 cm³/mol. The molecule has 0 aliphatic heterocycles. The van der Waals surface area contributed by atoms with Gasteiger partial charge in [0.2, 0.25) is 0 Å². The summed E-state index contributed by atoms with van der Waals surface area (Å²) in [5.74, 6) is -0.738. The molecular weight excluding hydrogens is 204 g/mol. The summed E-state index contributed by atoms with van der Waals surface area (Å²) in [5, 5.41) is 0. The quantitative estimate of drug-likeness (QED) is 0.495. The van der Waals surface area contributed by atoms with Crippen molar-refractivity contribution in [3.05, 3.63) is 25.3 Å². The summed E-state index contributed by atoms with van der Waals surface area (Å²) >= 11 is 0. The Morgan fingerprint density at radius 2 is 1.56 bits per heavy atom. The van der Waals surface area contributed by atoms with E-state index in [1.807, 2.05) is 0 Å². The fraction of sp³-hybridized carbons (Fsp3) is 0.500. The smallest absolute Gasteiger partial charge is 0.252 e. The number of hydrogen-bond donors (Lipinski definition) is 0. The van der Waals surface area contributed by atoms with Gasteiger partial charge in [0.25, 0.3) is 11.8 Å². The molecule has 0 heterocycles. The SMILES string of the molecule is C=CC(=O)N(CCC[N+](C)(C)C)C(=O)C=C. The molecule has 0 aromatic carbocycles. The predicted octanol–water partition coefficient (Wildman–Crippen LogP) is 0.810. The van der Waals surface area contributed by atoms with Crippen molar-refractivity contribution >= 4 is 11.8 Å². The van der Waals surface area contributed by atoms with Gasteiger partial charge in [-0.25, -0.2) is 0 Å². The first-order valence-corrected chi connectivity index (χ1v) is 5.22. The average molecular weight is 225 g/mol. The molecular formula is C12H21N2O2+.